The van der Waals surface area contributed by atoms with Gasteiger partial charge in [-0.25, -0.2) is 4.79 Å². The van der Waals surface area contributed by atoms with Crippen LogP contribution in [0.25, 0.3) is 0 Å². The highest BCUT2D eigenvalue weighted by molar-refractivity contribution is 5.96. The van der Waals surface area contributed by atoms with Gasteiger partial charge in [0.1, 0.15) is 18.1 Å². The Labute approximate surface area is 217 Å². The summed E-state index contributed by atoms with van der Waals surface area (Å²) in [4.78, 5) is 62.0. The van der Waals surface area contributed by atoms with Crippen LogP contribution in [0.4, 0.5) is 0 Å². The van der Waals surface area contributed by atoms with Gasteiger partial charge in [0.2, 0.25) is 23.6 Å². The van der Waals surface area contributed by atoms with Crippen molar-refractivity contribution in [1.82, 2.24) is 16.0 Å². The highest BCUT2D eigenvalue weighted by atomic mass is 16.4. The molecule has 10 N–H and O–H groups in total. The van der Waals surface area contributed by atoms with Crippen LogP contribution in [-0.4, -0.2) is 65.4 Å². The molecule has 1 rings (SSSR count). The third-order valence-electron chi connectivity index (χ3n) is 5.58. The Morgan fingerprint density at radius 2 is 1.43 bits per heavy atom. The molecular weight excluding hydrogens is 480 g/mol. The van der Waals surface area contributed by atoms with Gasteiger partial charge in [-0.1, -0.05) is 50.6 Å². The zero-order chi connectivity index (χ0) is 28.0. The van der Waals surface area contributed by atoms with Gasteiger partial charge in [0.25, 0.3) is 0 Å². The fourth-order valence-electron chi connectivity index (χ4n) is 3.63. The van der Waals surface area contributed by atoms with E-state index in [1.807, 2.05) is 0 Å². The van der Waals surface area contributed by atoms with Gasteiger partial charge in [-0.2, -0.15) is 0 Å². The number of primary amides is 1. The Morgan fingerprint density at radius 3 is 1.97 bits per heavy atom. The normalized spacial score (nSPS) is 14.2. The van der Waals surface area contributed by atoms with E-state index in [4.69, 9.17) is 17.2 Å². The Morgan fingerprint density at radius 1 is 0.865 bits per heavy atom. The van der Waals surface area contributed by atoms with E-state index in [9.17, 15) is 29.1 Å². The van der Waals surface area contributed by atoms with E-state index in [-0.39, 0.29) is 18.8 Å². The Kier molecular flexibility index (Phi) is 13.9. The van der Waals surface area contributed by atoms with Gasteiger partial charge in [-0.3, -0.25) is 19.2 Å². The first-order valence-corrected chi connectivity index (χ1v) is 12.4. The second-order valence-corrected chi connectivity index (χ2v) is 9.40. The van der Waals surface area contributed by atoms with Crippen LogP contribution < -0.4 is 33.2 Å². The molecule has 4 unspecified atom stereocenters. The summed E-state index contributed by atoms with van der Waals surface area (Å²) >= 11 is 0. The van der Waals surface area contributed by atoms with Crippen molar-refractivity contribution in [2.75, 3.05) is 6.54 Å². The largest absolute Gasteiger partial charge is 0.480 e. The SMILES string of the molecule is CC(C)CC(NC(=O)C(CC(N)=O)NC(=O)C(Cc1ccccc1)NC(=O)C(N)CCCCN)C(=O)O. The summed E-state index contributed by atoms with van der Waals surface area (Å²) in [6, 6.07) is 4.24. The fourth-order valence-corrected chi connectivity index (χ4v) is 3.63. The third kappa shape index (κ3) is 12.3. The van der Waals surface area contributed by atoms with Crippen molar-refractivity contribution >= 4 is 29.6 Å². The number of hydrogen-bond donors (Lipinski definition) is 7. The van der Waals surface area contributed by atoms with Crippen molar-refractivity contribution in [3.8, 4) is 0 Å². The number of hydrogen-bond acceptors (Lipinski definition) is 7. The molecule has 0 aliphatic rings. The molecule has 0 spiro atoms. The number of amides is 4. The molecule has 0 radical (unpaired) electrons. The maximum atomic E-state index is 13.2. The lowest BCUT2D eigenvalue weighted by molar-refractivity contribution is -0.143. The van der Waals surface area contributed by atoms with E-state index in [2.05, 4.69) is 16.0 Å². The predicted molar refractivity (Wildman–Crippen MR) is 138 cm³/mol. The minimum atomic E-state index is -1.44. The zero-order valence-corrected chi connectivity index (χ0v) is 21.4. The second-order valence-electron chi connectivity index (χ2n) is 9.40. The van der Waals surface area contributed by atoms with Crippen LogP contribution in [0, 0.1) is 5.92 Å². The molecule has 0 aliphatic carbocycles. The maximum Gasteiger partial charge on any atom is 0.326 e. The summed E-state index contributed by atoms with van der Waals surface area (Å²) < 4.78 is 0. The molecule has 206 valence electrons. The number of carboxylic acids is 1. The molecule has 37 heavy (non-hydrogen) atoms. The van der Waals surface area contributed by atoms with Gasteiger partial charge in [0, 0.05) is 6.42 Å². The number of carbonyl (C=O) groups is 5. The first kappa shape index (κ1) is 31.5. The van der Waals surface area contributed by atoms with Crippen molar-refractivity contribution in [2.45, 2.75) is 76.5 Å². The Hall–Kier alpha value is -3.51. The number of carbonyl (C=O) groups excluding carboxylic acids is 4. The lowest BCUT2D eigenvalue weighted by Crippen LogP contribution is -2.58. The standard InChI is InChI=1S/C25H40N6O6/c1-15(2)12-20(25(36)37)31-24(35)19(14-21(28)32)30-23(34)18(13-16-8-4-3-5-9-16)29-22(33)17(27)10-6-7-11-26/h3-5,8-9,15,17-20H,6-7,10-14,26-27H2,1-2H3,(H2,28,32)(H,29,33)(H,30,34)(H,31,35)(H,36,37). The first-order valence-electron chi connectivity index (χ1n) is 12.4. The van der Waals surface area contributed by atoms with Gasteiger partial charge in [-0.05, 0) is 37.3 Å². The predicted octanol–water partition coefficient (Wildman–Crippen LogP) is -0.854. The quantitative estimate of drug-likeness (QED) is 0.128. The molecule has 0 saturated carbocycles. The Balaban J connectivity index is 3.07. The van der Waals surface area contributed by atoms with Crippen molar-refractivity contribution in [3.05, 3.63) is 35.9 Å². The molecule has 0 heterocycles. The van der Waals surface area contributed by atoms with Gasteiger partial charge in [0.05, 0.1) is 12.5 Å². The molecule has 1 aromatic carbocycles. The van der Waals surface area contributed by atoms with E-state index < -0.39 is 60.2 Å². The summed E-state index contributed by atoms with van der Waals surface area (Å²) in [5.74, 6) is -4.32. The third-order valence-corrected chi connectivity index (χ3v) is 5.58. The summed E-state index contributed by atoms with van der Waals surface area (Å²) in [5, 5.41) is 16.9. The number of rotatable bonds is 17. The highest BCUT2D eigenvalue weighted by Crippen LogP contribution is 2.08. The topological polar surface area (TPSA) is 220 Å². The van der Waals surface area contributed by atoms with E-state index in [1.54, 1.807) is 44.2 Å². The van der Waals surface area contributed by atoms with Crippen molar-refractivity contribution < 1.29 is 29.1 Å². The molecule has 4 atom stereocenters. The van der Waals surface area contributed by atoms with Gasteiger partial charge in [0.15, 0.2) is 0 Å². The average molecular weight is 521 g/mol. The lowest BCUT2D eigenvalue weighted by atomic mass is 10.0. The molecule has 0 fully saturated rings. The summed E-state index contributed by atoms with van der Waals surface area (Å²) in [6.07, 6.45) is 1.39. The Bertz CT molecular complexity index is 910. The molecule has 1 aromatic rings. The molecule has 0 bridgehead atoms. The van der Waals surface area contributed by atoms with Crippen LogP contribution in [-0.2, 0) is 30.4 Å². The maximum absolute atomic E-state index is 13.2. The van der Waals surface area contributed by atoms with Crippen molar-refractivity contribution in [1.29, 1.82) is 0 Å². The van der Waals surface area contributed by atoms with E-state index in [0.29, 0.717) is 25.8 Å². The van der Waals surface area contributed by atoms with Crippen LogP contribution in [0.2, 0.25) is 0 Å². The zero-order valence-electron chi connectivity index (χ0n) is 21.4. The average Bonchev–Trinajstić information content (AvgIpc) is 2.82. The number of carboxylic acid groups (broad SMARTS) is 1. The minimum absolute atomic E-state index is 0.0369. The van der Waals surface area contributed by atoms with Gasteiger partial charge >= 0.3 is 5.97 Å². The summed E-state index contributed by atoms with van der Waals surface area (Å²) in [5.41, 5.74) is 17.5. The monoisotopic (exact) mass is 520 g/mol. The minimum Gasteiger partial charge on any atom is -0.480 e. The molecule has 4 amide bonds. The van der Waals surface area contributed by atoms with Crippen molar-refractivity contribution in [3.63, 3.8) is 0 Å². The van der Waals surface area contributed by atoms with Crippen LogP contribution in [0.5, 0.6) is 0 Å². The smallest absolute Gasteiger partial charge is 0.326 e. The first-order chi connectivity index (χ1) is 17.4. The number of nitrogens with one attached hydrogen (secondary N) is 3. The molecule has 0 saturated heterocycles. The van der Waals surface area contributed by atoms with Crippen LogP contribution in [0.1, 0.15) is 51.5 Å². The molecule has 12 heteroatoms. The summed E-state index contributed by atoms with van der Waals surface area (Å²) in [6.45, 7) is 4.06. The van der Waals surface area contributed by atoms with Crippen LogP contribution in [0.15, 0.2) is 30.3 Å². The van der Waals surface area contributed by atoms with Crippen molar-refractivity contribution in [2.24, 2.45) is 23.1 Å². The van der Waals surface area contributed by atoms with Gasteiger partial charge in [-0.15, -0.1) is 0 Å². The van der Waals surface area contributed by atoms with E-state index in [0.717, 1.165) is 5.56 Å². The molecule has 0 aromatic heterocycles. The summed E-state index contributed by atoms with van der Waals surface area (Å²) in [7, 11) is 0. The number of benzene rings is 1. The number of nitrogens with two attached hydrogens (primary N) is 3. The van der Waals surface area contributed by atoms with Crippen LogP contribution >= 0.6 is 0 Å². The number of unbranched alkanes of at least 4 members (excludes halogenated alkanes) is 1. The highest BCUT2D eigenvalue weighted by Gasteiger charge is 2.31. The number of aliphatic carboxylic acids is 1. The molecule has 12 nitrogen and oxygen atoms in total. The van der Waals surface area contributed by atoms with Crippen LogP contribution in [0.3, 0.4) is 0 Å². The molecular formula is C25H40N6O6. The van der Waals surface area contributed by atoms with Gasteiger partial charge < -0.3 is 38.3 Å². The molecule has 0 aliphatic heterocycles. The lowest BCUT2D eigenvalue weighted by Gasteiger charge is -2.25. The van der Waals surface area contributed by atoms with E-state index in [1.165, 1.54) is 0 Å². The van der Waals surface area contributed by atoms with E-state index >= 15 is 0 Å². The fraction of sp³-hybridized carbons (Fsp3) is 0.560. The second kappa shape index (κ2) is 16.3.